The van der Waals surface area contributed by atoms with Gasteiger partial charge in [0.1, 0.15) is 0 Å². The van der Waals surface area contributed by atoms with E-state index in [1.165, 1.54) is 5.56 Å². The van der Waals surface area contributed by atoms with Crippen LogP contribution in [-0.4, -0.2) is 22.1 Å². The zero-order valence-corrected chi connectivity index (χ0v) is 16.3. The SMILES string of the molecule is CN1[C]N(Cc2ccccc2)C=C1.NO.[I][Pt][I]. The van der Waals surface area contributed by atoms with Gasteiger partial charge in [0, 0.05) is 26.0 Å². The normalized spacial score (nSPS) is 12.7. The van der Waals surface area contributed by atoms with Crippen LogP contribution in [0.1, 0.15) is 5.56 Å². The monoisotopic (exact) mass is 654 g/mol. The van der Waals surface area contributed by atoms with Gasteiger partial charge in [0.15, 0.2) is 0 Å². The minimum atomic E-state index is 0.523. The van der Waals surface area contributed by atoms with Gasteiger partial charge in [-0.15, -0.1) is 0 Å². The molecule has 1 aliphatic rings. The molecule has 104 valence electrons. The second-order valence-corrected chi connectivity index (χ2v) is 19.8. The molecule has 1 aromatic carbocycles. The van der Waals surface area contributed by atoms with Gasteiger partial charge in [-0.2, -0.15) is 0 Å². The van der Waals surface area contributed by atoms with Gasteiger partial charge in [-0.1, -0.05) is 30.3 Å². The number of nitrogens with two attached hydrogens (primary N) is 1. The molecular formula is C11H15I2N3OPt. The molecule has 0 saturated heterocycles. The Morgan fingerprint density at radius 2 is 1.78 bits per heavy atom. The maximum atomic E-state index is 6.50. The standard InChI is InChI=1S/C11H12N2.2HI.H3NO.Pt/c1-12-7-8-13(10-12)9-11-5-3-2-4-6-11;;;1-2;/h2-8H,9H2,1H3;2*1H;2H,1H2;/q;;;;+2/p-2. The van der Waals surface area contributed by atoms with E-state index in [-0.39, 0.29) is 0 Å². The number of halogens is 2. The van der Waals surface area contributed by atoms with Gasteiger partial charge in [0.05, 0.1) is 0 Å². The molecule has 0 aliphatic carbocycles. The van der Waals surface area contributed by atoms with Crippen LogP contribution in [0, 0.1) is 6.67 Å². The van der Waals surface area contributed by atoms with E-state index >= 15 is 0 Å². The summed E-state index contributed by atoms with van der Waals surface area (Å²) < 4.78 is 0. The molecule has 18 heavy (non-hydrogen) atoms. The van der Waals surface area contributed by atoms with Crippen LogP contribution >= 0.6 is 38.7 Å². The zero-order valence-electron chi connectivity index (χ0n) is 9.74. The van der Waals surface area contributed by atoms with Crippen molar-refractivity contribution in [3.63, 3.8) is 0 Å². The first-order chi connectivity index (χ1) is 8.76. The van der Waals surface area contributed by atoms with Gasteiger partial charge in [0.25, 0.3) is 0 Å². The third-order valence-corrected chi connectivity index (χ3v) is 1.95. The third-order valence-electron chi connectivity index (χ3n) is 1.95. The Labute approximate surface area is 138 Å². The number of hydrogen-bond donors (Lipinski definition) is 2. The van der Waals surface area contributed by atoms with Crippen LogP contribution in [0.2, 0.25) is 0 Å². The van der Waals surface area contributed by atoms with Crippen LogP contribution in [0.5, 0.6) is 0 Å². The third kappa shape index (κ3) is 8.68. The summed E-state index contributed by atoms with van der Waals surface area (Å²) in [7, 11) is 1.97. The molecule has 0 amide bonds. The average molecular weight is 654 g/mol. The summed E-state index contributed by atoms with van der Waals surface area (Å²) in [6.45, 7) is 4.05. The summed E-state index contributed by atoms with van der Waals surface area (Å²) in [6, 6.07) is 10.4. The van der Waals surface area contributed by atoms with Gasteiger partial charge in [0.2, 0.25) is 6.67 Å². The predicted octanol–water partition coefficient (Wildman–Crippen LogP) is 3.00. The quantitative estimate of drug-likeness (QED) is 0.381. The summed E-state index contributed by atoms with van der Waals surface area (Å²) in [4.78, 5) is 3.96. The maximum absolute atomic E-state index is 6.50. The van der Waals surface area contributed by atoms with Crippen LogP contribution in [0.15, 0.2) is 42.7 Å². The Kier molecular flexibility index (Phi) is 13.1. The van der Waals surface area contributed by atoms with Crippen LogP contribution in [0.25, 0.3) is 0 Å². The molecule has 4 nitrogen and oxygen atoms in total. The molecule has 3 N–H and O–H groups in total. The second kappa shape index (κ2) is 12.7. The fourth-order valence-corrected chi connectivity index (χ4v) is 1.32. The number of benzene rings is 1. The molecule has 1 heterocycles. The van der Waals surface area contributed by atoms with Crippen LogP contribution < -0.4 is 5.90 Å². The summed E-state index contributed by atoms with van der Waals surface area (Å²) in [5, 5.41) is 6.50. The van der Waals surface area contributed by atoms with Crippen molar-refractivity contribution in [3.05, 3.63) is 55.0 Å². The van der Waals surface area contributed by atoms with Gasteiger partial charge in [-0.3, -0.25) is 0 Å². The van der Waals surface area contributed by atoms with Crippen molar-refractivity contribution in [2.75, 3.05) is 7.05 Å². The molecular weight excluding hydrogens is 639 g/mol. The van der Waals surface area contributed by atoms with E-state index in [1.54, 1.807) is 0 Å². The number of nitrogens with zero attached hydrogens (tertiary/aromatic N) is 2. The minimum absolute atomic E-state index is 0.523. The molecule has 0 saturated carbocycles. The van der Waals surface area contributed by atoms with Crippen molar-refractivity contribution < 1.29 is 16.4 Å². The molecule has 1 aliphatic heterocycles. The van der Waals surface area contributed by atoms with Crippen LogP contribution in [0.4, 0.5) is 0 Å². The molecule has 0 unspecified atom stereocenters. The Hall–Kier alpha value is 0.628. The molecule has 0 aromatic heterocycles. The van der Waals surface area contributed by atoms with E-state index in [4.69, 9.17) is 5.21 Å². The van der Waals surface area contributed by atoms with Crippen LogP contribution in [-0.2, 0) is 17.7 Å². The van der Waals surface area contributed by atoms with Crippen molar-refractivity contribution in [2.45, 2.75) is 6.54 Å². The molecule has 0 bridgehead atoms. The van der Waals surface area contributed by atoms with E-state index in [1.807, 2.05) is 35.3 Å². The van der Waals surface area contributed by atoms with Gasteiger partial charge < -0.3 is 15.0 Å². The fraction of sp³-hybridized carbons (Fsp3) is 0.182. The molecule has 2 rings (SSSR count). The topological polar surface area (TPSA) is 52.7 Å². The summed E-state index contributed by atoms with van der Waals surface area (Å²) in [6.07, 6.45) is 4.01. The summed E-state index contributed by atoms with van der Waals surface area (Å²) in [5.41, 5.74) is 1.30. The van der Waals surface area contributed by atoms with E-state index in [0.29, 0.717) is 11.2 Å². The summed E-state index contributed by atoms with van der Waals surface area (Å²) in [5.74, 6) is 3.50. The zero-order chi connectivity index (χ0) is 13.8. The van der Waals surface area contributed by atoms with E-state index in [2.05, 4.69) is 75.5 Å². The van der Waals surface area contributed by atoms with Crippen LogP contribution in [0.3, 0.4) is 0 Å². The van der Waals surface area contributed by atoms with Gasteiger partial charge in [-0.25, -0.2) is 5.90 Å². The predicted molar refractivity (Wildman–Crippen MR) is 86.1 cm³/mol. The molecule has 0 fully saturated rings. The first-order valence-electron chi connectivity index (χ1n) is 4.82. The number of hydrogen-bond acceptors (Lipinski definition) is 4. The Balaban J connectivity index is 0.000000509. The van der Waals surface area contributed by atoms with Gasteiger partial charge in [-0.05, 0) is 5.56 Å². The average Bonchev–Trinajstić information content (AvgIpc) is 2.80. The Morgan fingerprint density at radius 3 is 2.22 bits per heavy atom. The Morgan fingerprint density at radius 1 is 1.22 bits per heavy atom. The van der Waals surface area contributed by atoms with Gasteiger partial charge >= 0.3 is 49.9 Å². The first-order valence-corrected chi connectivity index (χ1v) is 17.7. The molecule has 2 radical (unpaired) electrons. The summed E-state index contributed by atoms with van der Waals surface area (Å²) >= 11 is 5.30. The number of rotatable bonds is 2. The van der Waals surface area contributed by atoms with E-state index in [0.717, 1.165) is 6.54 Å². The molecule has 1 aromatic rings. The first kappa shape index (κ1) is 18.6. The molecule has 0 spiro atoms. The van der Waals surface area contributed by atoms with Crippen molar-refractivity contribution >= 4 is 38.7 Å². The molecule has 7 heteroatoms. The fourth-order valence-electron chi connectivity index (χ4n) is 1.32. The van der Waals surface area contributed by atoms with E-state index < -0.39 is 0 Å². The van der Waals surface area contributed by atoms with Crippen molar-refractivity contribution in [3.8, 4) is 0 Å². The van der Waals surface area contributed by atoms with Crippen molar-refractivity contribution in [1.29, 1.82) is 0 Å². The Bertz CT molecular complexity index is 327. The van der Waals surface area contributed by atoms with Crippen molar-refractivity contribution in [2.24, 2.45) is 5.90 Å². The second-order valence-electron chi connectivity index (χ2n) is 3.17. The van der Waals surface area contributed by atoms with Crippen molar-refractivity contribution in [1.82, 2.24) is 9.80 Å². The molecule has 0 atom stereocenters. The van der Waals surface area contributed by atoms with E-state index in [9.17, 15) is 0 Å².